The van der Waals surface area contributed by atoms with Gasteiger partial charge in [0.2, 0.25) is 0 Å². The van der Waals surface area contributed by atoms with E-state index in [0.29, 0.717) is 11.3 Å². The van der Waals surface area contributed by atoms with E-state index in [-0.39, 0.29) is 6.54 Å². The average Bonchev–Trinajstić information content (AvgIpc) is 2.54. The molecule has 0 atom stereocenters. The maximum Gasteiger partial charge on any atom is 0.313 e. The third-order valence-corrected chi connectivity index (χ3v) is 3.08. The van der Waals surface area contributed by atoms with E-state index in [9.17, 15) is 9.59 Å². The number of nitrogens with zero attached hydrogens (tertiary/aromatic N) is 1. The van der Waals surface area contributed by atoms with Gasteiger partial charge in [-0.15, -0.1) is 0 Å². The number of anilines is 1. The molecular weight excluding hydrogens is 278 g/mol. The fraction of sp³-hybridized carbons (Fsp3) is 0.118. The minimum Gasteiger partial charge on any atom is -0.344 e. The minimum absolute atomic E-state index is 0.270. The van der Waals surface area contributed by atoms with Gasteiger partial charge < -0.3 is 10.6 Å². The summed E-state index contributed by atoms with van der Waals surface area (Å²) in [7, 11) is 0. The van der Waals surface area contributed by atoms with Gasteiger partial charge in [0.1, 0.15) is 6.07 Å². The van der Waals surface area contributed by atoms with Gasteiger partial charge >= 0.3 is 11.8 Å². The topological polar surface area (TPSA) is 82.0 Å². The Morgan fingerprint density at radius 3 is 2.41 bits per heavy atom. The first-order valence-corrected chi connectivity index (χ1v) is 6.74. The van der Waals surface area contributed by atoms with Crippen molar-refractivity contribution in [3.63, 3.8) is 0 Å². The molecule has 0 aliphatic rings. The highest BCUT2D eigenvalue weighted by molar-refractivity contribution is 6.39. The lowest BCUT2D eigenvalue weighted by molar-refractivity contribution is -0.136. The molecule has 2 N–H and O–H groups in total. The summed E-state index contributed by atoms with van der Waals surface area (Å²) < 4.78 is 0. The Kier molecular flexibility index (Phi) is 4.89. The van der Waals surface area contributed by atoms with Crippen molar-refractivity contribution in [3.05, 3.63) is 65.2 Å². The molecule has 0 saturated carbocycles. The Morgan fingerprint density at radius 1 is 1.05 bits per heavy atom. The first-order chi connectivity index (χ1) is 10.6. The zero-order valence-corrected chi connectivity index (χ0v) is 12.1. The fourth-order valence-corrected chi connectivity index (χ4v) is 1.84. The van der Waals surface area contributed by atoms with E-state index in [2.05, 4.69) is 10.6 Å². The van der Waals surface area contributed by atoms with Gasteiger partial charge in [0.05, 0.1) is 11.3 Å². The van der Waals surface area contributed by atoms with Crippen LogP contribution in [0.1, 0.15) is 16.7 Å². The van der Waals surface area contributed by atoms with Crippen LogP contribution in [0.25, 0.3) is 0 Å². The van der Waals surface area contributed by atoms with E-state index >= 15 is 0 Å². The number of para-hydroxylation sites is 1. The van der Waals surface area contributed by atoms with Crippen LogP contribution in [0.3, 0.4) is 0 Å². The van der Waals surface area contributed by atoms with Gasteiger partial charge in [0, 0.05) is 6.54 Å². The molecule has 5 nitrogen and oxygen atoms in total. The Labute approximate surface area is 128 Å². The molecule has 0 unspecified atom stereocenters. The molecule has 110 valence electrons. The summed E-state index contributed by atoms with van der Waals surface area (Å²) in [5.74, 6) is -1.54. The first-order valence-electron chi connectivity index (χ1n) is 6.74. The Hall–Kier alpha value is -3.13. The van der Waals surface area contributed by atoms with E-state index in [1.54, 1.807) is 24.3 Å². The number of nitriles is 1. The molecule has 0 spiro atoms. The van der Waals surface area contributed by atoms with Crippen LogP contribution in [-0.2, 0) is 16.1 Å². The van der Waals surface area contributed by atoms with Crippen molar-refractivity contribution in [3.8, 4) is 6.07 Å². The van der Waals surface area contributed by atoms with Crippen LogP contribution >= 0.6 is 0 Å². The van der Waals surface area contributed by atoms with Gasteiger partial charge in [-0.2, -0.15) is 5.26 Å². The second-order valence-corrected chi connectivity index (χ2v) is 4.78. The van der Waals surface area contributed by atoms with Crippen molar-refractivity contribution in [2.45, 2.75) is 13.5 Å². The van der Waals surface area contributed by atoms with Crippen LogP contribution in [0, 0.1) is 18.3 Å². The molecule has 2 aromatic carbocycles. The molecule has 0 aliphatic carbocycles. The summed E-state index contributed by atoms with van der Waals surface area (Å²) in [5.41, 5.74) is 2.66. The Balaban J connectivity index is 1.94. The lowest BCUT2D eigenvalue weighted by Crippen LogP contribution is -2.35. The van der Waals surface area contributed by atoms with Gasteiger partial charge in [0.15, 0.2) is 0 Å². The van der Waals surface area contributed by atoms with Crippen LogP contribution in [-0.4, -0.2) is 11.8 Å². The molecule has 0 fully saturated rings. The predicted octanol–water partition coefficient (Wildman–Crippen LogP) is 2.12. The maximum atomic E-state index is 11.8. The molecule has 5 heteroatoms. The summed E-state index contributed by atoms with van der Waals surface area (Å²) in [6.07, 6.45) is 0. The summed E-state index contributed by atoms with van der Waals surface area (Å²) in [4.78, 5) is 23.6. The van der Waals surface area contributed by atoms with Crippen molar-refractivity contribution in [1.29, 1.82) is 5.26 Å². The highest BCUT2D eigenvalue weighted by Crippen LogP contribution is 2.13. The Bertz CT molecular complexity index is 730. The van der Waals surface area contributed by atoms with E-state index in [1.807, 2.05) is 37.3 Å². The molecule has 2 amide bonds. The molecule has 0 aromatic heterocycles. The Morgan fingerprint density at radius 2 is 1.73 bits per heavy atom. The number of nitrogens with one attached hydrogen (secondary N) is 2. The monoisotopic (exact) mass is 293 g/mol. The molecule has 0 aliphatic heterocycles. The molecule has 2 aromatic rings. The second-order valence-electron chi connectivity index (χ2n) is 4.78. The van der Waals surface area contributed by atoms with Crippen molar-refractivity contribution in [2.75, 3.05) is 5.32 Å². The summed E-state index contributed by atoms with van der Waals surface area (Å²) in [5, 5.41) is 13.9. The van der Waals surface area contributed by atoms with E-state index in [0.717, 1.165) is 11.1 Å². The fourth-order valence-electron chi connectivity index (χ4n) is 1.84. The van der Waals surface area contributed by atoms with Crippen LogP contribution in [0.2, 0.25) is 0 Å². The van der Waals surface area contributed by atoms with E-state index < -0.39 is 11.8 Å². The van der Waals surface area contributed by atoms with Gasteiger partial charge in [-0.05, 0) is 24.6 Å². The highest BCUT2D eigenvalue weighted by Gasteiger charge is 2.14. The smallest absolute Gasteiger partial charge is 0.313 e. The lowest BCUT2D eigenvalue weighted by atomic mass is 10.1. The molecule has 2 rings (SSSR count). The third-order valence-electron chi connectivity index (χ3n) is 3.08. The molecule has 0 bridgehead atoms. The van der Waals surface area contributed by atoms with Crippen molar-refractivity contribution < 1.29 is 9.59 Å². The van der Waals surface area contributed by atoms with Crippen LogP contribution in [0.5, 0.6) is 0 Å². The summed E-state index contributed by atoms with van der Waals surface area (Å²) >= 11 is 0. The SMILES string of the molecule is Cc1ccc(CNC(=O)C(=O)Nc2ccccc2C#N)cc1. The van der Waals surface area contributed by atoms with Gasteiger partial charge in [-0.25, -0.2) is 0 Å². The van der Waals surface area contributed by atoms with Crippen molar-refractivity contribution in [1.82, 2.24) is 5.32 Å². The zero-order valence-electron chi connectivity index (χ0n) is 12.1. The number of rotatable bonds is 3. The highest BCUT2D eigenvalue weighted by atomic mass is 16.2. The quantitative estimate of drug-likeness (QED) is 0.850. The van der Waals surface area contributed by atoms with E-state index in [1.165, 1.54) is 0 Å². The van der Waals surface area contributed by atoms with Gasteiger partial charge in [0.25, 0.3) is 0 Å². The second kappa shape index (κ2) is 7.04. The average molecular weight is 293 g/mol. The number of benzene rings is 2. The molecule has 0 radical (unpaired) electrons. The minimum atomic E-state index is -0.796. The van der Waals surface area contributed by atoms with Crippen LogP contribution in [0.15, 0.2) is 48.5 Å². The number of hydrogen-bond acceptors (Lipinski definition) is 3. The lowest BCUT2D eigenvalue weighted by Gasteiger charge is -2.08. The zero-order chi connectivity index (χ0) is 15.9. The maximum absolute atomic E-state index is 11.8. The summed E-state index contributed by atoms with van der Waals surface area (Å²) in [6.45, 7) is 2.24. The molecule has 0 heterocycles. The van der Waals surface area contributed by atoms with E-state index in [4.69, 9.17) is 5.26 Å². The number of amides is 2. The number of carbonyl (C=O) groups is 2. The van der Waals surface area contributed by atoms with Crippen molar-refractivity contribution >= 4 is 17.5 Å². The van der Waals surface area contributed by atoms with Crippen molar-refractivity contribution in [2.24, 2.45) is 0 Å². The standard InChI is InChI=1S/C17H15N3O2/c1-12-6-8-13(9-7-12)11-19-16(21)17(22)20-15-5-3-2-4-14(15)10-18/h2-9H,11H2,1H3,(H,19,21)(H,20,22). The van der Waals surface area contributed by atoms with Gasteiger partial charge in [-0.1, -0.05) is 42.0 Å². The first kappa shape index (κ1) is 15.3. The third kappa shape index (κ3) is 3.93. The molecular formula is C17H15N3O2. The number of hydrogen-bond donors (Lipinski definition) is 2. The molecule has 22 heavy (non-hydrogen) atoms. The normalized spacial score (nSPS) is 9.64. The molecule has 0 saturated heterocycles. The number of carbonyl (C=O) groups excluding carboxylic acids is 2. The number of aryl methyl sites for hydroxylation is 1. The van der Waals surface area contributed by atoms with Crippen LogP contribution < -0.4 is 10.6 Å². The summed E-state index contributed by atoms with van der Waals surface area (Å²) in [6, 6.07) is 16.1. The largest absolute Gasteiger partial charge is 0.344 e. The predicted molar refractivity (Wildman–Crippen MR) is 82.8 cm³/mol. The van der Waals surface area contributed by atoms with Gasteiger partial charge in [-0.3, -0.25) is 9.59 Å². The van der Waals surface area contributed by atoms with Crippen LogP contribution in [0.4, 0.5) is 5.69 Å².